The van der Waals surface area contributed by atoms with Crippen molar-refractivity contribution in [1.29, 1.82) is 0 Å². The Morgan fingerprint density at radius 1 is 1.00 bits per heavy atom. The van der Waals surface area contributed by atoms with Gasteiger partial charge in [-0.15, -0.1) is 12.4 Å². The van der Waals surface area contributed by atoms with Crippen molar-refractivity contribution < 1.29 is 9.53 Å². The third kappa shape index (κ3) is 4.80. The monoisotopic (exact) mass is 420 g/mol. The van der Waals surface area contributed by atoms with Crippen LogP contribution in [-0.2, 0) is 4.79 Å². The molecule has 150 valence electrons. The minimum atomic E-state index is -0.636. The van der Waals surface area contributed by atoms with Crippen LogP contribution in [0.4, 0.5) is 0 Å². The van der Waals surface area contributed by atoms with Crippen LogP contribution in [0.15, 0.2) is 54.6 Å². The first-order valence-electron chi connectivity index (χ1n) is 9.67. The Bertz CT molecular complexity index is 756. The quantitative estimate of drug-likeness (QED) is 0.799. The van der Waals surface area contributed by atoms with E-state index in [1.54, 1.807) is 12.1 Å². The van der Waals surface area contributed by atoms with Crippen LogP contribution in [0.3, 0.4) is 0 Å². The number of ether oxygens (including phenoxy) is 1. The molecule has 0 aliphatic carbocycles. The molecular weight excluding hydrogens is 395 g/mol. The lowest BCUT2D eigenvalue weighted by Gasteiger charge is -2.27. The molecule has 3 atom stereocenters. The average Bonchev–Trinajstić information content (AvgIpc) is 3.06. The molecule has 0 bridgehead atoms. The summed E-state index contributed by atoms with van der Waals surface area (Å²) in [6, 6.07) is 16.9. The van der Waals surface area contributed by atoms with Crippen molar-refractivity contribution in [2.45, 2.75) is 18.9 Å². The van der Waals surface area contributed by atoms with E-state index >= 15 is 0 Å². The lowest BCUT2D eigenvalue weighted by Crippen LogP contribution is -2.38. The number of carbonyl (C=O) groups excluding carboxylic acids is 1. The molecule has 1 unspecified atom stereocenters. The molecule has 0 spiro atoms. The maximum absolute atomic E-state index is 13.4. The van der Waals surface area contributed by atoms with Crippen LogP contribution >= 0.6 is 24.0 Å². The third-order valence-corrected chi connectivity index (χ3v) is 5.98. The van der Waals surface area contributed by atoms with Gasteiger partial charge in [0.2, 0.25) is 6.10 Å². The van der Waals surface area contributed by atoms with Gasteiger partial charge in [-0.1, -0.05) is 41.9 Å². The smallest absolute Gasteiger partial charge is 0.268 e. The first-order valence-corrected chi connectivity index (χ1v) is 10.0. The van der Waals surface area contributed by atoms with E-state index in [4.69, 9.17) is 16.3 Å². The van der Waals surface area contributed by atoms with E-state index in [0.29, 0.717) is 22.6 Å². The van der Waals surface area contributed by atoms with Gasteiger partial charge in [-0.05, 0) is 62.0 Å². The Labute approximate surface area is 177 Å². The number of halogens is 2. The summed E-state index contributed by atoms with van der Waals surface area (Å²) >= 11 is 5.98. The van der Waals surface area contributed by atoms with E-state index < -0.39 is 6.10 Å². The highest BCUT2D eigenvalue weighted by molar-refractivity contribution is 6.30. The zero-order chi connectivity index (χ0) is 18.6. The normalized spacial score (nSPS) is 22.5. The number of amides is 1. The lowest BCUT2D eigenvalue weighted by molar-refractivity contribution is -0.139. The Kier molecular flexibility index (Phi) is 7.22. The second kappa shape index (κ2) is 9.64. The van der Waals surface area contributed by atoms with Crippen molar-refractivity contribution >= 4 is 29.9 Å². The van der Waals surface area contributed by atoms with Gasteiger partial charge >= 0.3 is 0 Å². The molecular formula is C22H26Cl2N2O2. The van der Waals surface area contributed by atoms with Gasteiger partial charge in [-0.3, -0.25) is 4.79 Å². The van der Waals surface area contributed by atoms with Crippen LogP contribution in [0, 0.1) is 11.8 Å². The van der Waals surface area contributed by atoms with Crippen molar-refractivity contribution in [2.75, 3.05) is 26.2 Å². The molecule has 2 heterocycles. The summed E-state index contributed by atoms with van der Waals surface area (Å²) in [6.45, 7) is 3.76. The van der Waals surface area contributed by atoms with Gasteiger partial charge in [0, 0.05) is 23.7 Å². The van der Waals surface area contributed by atoms with Crippen molar-refractivity contribution in [3.05, 3.63) is 65.2 Å². The molecule has 2 saturated heterocycles. The Morgan fingerprint density at radius 2 is 1.61 bits per heavy atom. The van der Waals surface area contributed by atoms with Gasteiger partial charge in [-0.25, -0.2) is 0 Å². The minimum Gasteiger partial charge on any atom is -0.476 e. The van der Waals surface area contributed by atoms with Crippen molar-refractivity contribution in [3.8, 4) is 5.75 Å². The van der Waals surface area contributed by atoms with Gasteiger partial charge in [0.05, 0.1) is 0 Å². The molecule has 0 saturated carbocycles. The fourth-order valence-electron chi connectivity index (χ4n) is 4.14. The summed E-state index contributed by atoms with van der Waals surface area (Å²) in [5, 5.41) is 4.13. The molecule has 4 nitrogen and oxygen atoms in total. The molecule has 6 heteroatoms. The average molecular weight is 421 g/mol. The maximum atomic E-state index is 13.4. The number of benzene rings is 2. The first-order chi connectivity index (χ1) is 13.2. The van der Waals surface area contributed by atoms with E-state index in [1.165, 1.54) is 0 Å². The summed E-state index contributed by atoms with van der Waals surface area (Å²) < 4.78 is 6.14. The van der Waals surface area contributed by atoms with Crippen LogP contribution in [0.5, 0.6) is 5.75 Å². The zero-order valence-electron chi connectivity index (χ0n) is 15.7. The summed E-state index contributed by atoms with van der Waals surface area (Å²) in [4.78, 5) is 15.4. The number of likely N-dealkylation sites (tertiary alicyclic amines) is 1. The SMILES string of the molecule is Cl.O=C(C(Oc1ccc(Cl)cc1)c1ccccc1)N1CC[C@@H]2CNC[C@@H]2CC1. The van der Waals surface area contributed by atoms with Crippen molar-refractivity contribution in [3.63, 3.8) is 0 Å². The second-order valence-corrected chi connectivity index (χ2v) is 7.88. The van der Waals surface area contributed by atoms with E-state index in [9.17, 15) is 4.79 Å². The minimum absolute atomic E-state index is 0. The van der Waals surface area contributed by atoms with E-state index in [0.717, 1.165) is 44.6 Å². The highest BCUT2D eigenvalue weighted by Crippen LogP contribution is 2.30. The van der Waals surface area contributed by atoms with Crippen LogP contribution in [0.2, 0.25) is 5.02 Å². The van der Waals surface area contributed by atoms with Crippen LogP contribution in [0.25, 0.3) is 0 Å². The topological polar surface area (TPSA) is 41.6 Å². The number of carbonyl (C=O) groups is 1. The van der Waals surface area contributed by atoms with Gasteiger partial charge in [-0.2, -0.15) is 0 Å². The van der Waals surface area contributed by atoms with Crippen molar-refractivity contribution in [2.24, 2.45) is 11.8 Å². The number of rotatable bonds is 4. The highest BCUT2D eigenvalue weighted by Gasteiger charge is 2.34. The second-order valence-electron chi connectivity index (χ2n) is 7.44. The molecule has 0 radical (unpaired) electrons. The molecule has 2 aliphatic rings. The molecule has 2 aromatic carbocycles. The molecule has 1 N–H and O–H groups in total. The predicted octanol–water partition coefficient (Wildman–Crippen LogP) is 4.34. The lowest BCUT2D eigenvalue weighted by atomic mass is 9.92. The highest BCUT2D eigenvalue weighted by atomic mass is 35.5. The molecule has 2 aliphatic heterocycles. The zero-order valence-corrected chi connectivity index (χ0v) is 17.3. The summed E-state index contributed by atoms with van der Waals surface area (Å²) in [5.74, 6) is 2.08. The largest absolute Gasteiger partial charge is 0.476 e. The predicted molar refractivity (Wildman–Crippen MR) is 114 cm³/mol. The summed E-state index contributed by atoms with van der Waals surface area (Å²) in [6.07, 6.45) is 1.49. The van der Waals surface area contributed by atoms with Gasteiger partial charge in [0.15, 0.2) is 0 Å². The van der Waals surface area contributed by atoms with Crippen LogP contribution in [0.1, 0.15) is 24.5 Å². The summed E-state index contributed by atoms with van der Waals surface area (Å²) in [7, 11) is 0. The number of hydrogen-bond donors (Lipinski definition) is 1. The molecule has 0 aromatic heterocycles. The Hall–Kier alpha value is -1.75. The van der Waals surface area contributed by atoms with Crippen LogP contribution in [-0.4, -0.2) is 37.0 Å². The van der Waals surface area contributed by atoms with E-state index in [-0.39, 0.29) is 18.3 Å². The molecule has 28 heavy (non-hydrogen) atoms. The van der Waals surface area contributed by atoms with Gasteiger partial charge < -0.3 is 15.0 Å². The fraction of sp³-hybridized carbons (Fsp3) is 0.409. The Balaban J connectivity index is 0.00000225. The molecule has 1 amide bonds. The fourth-order valence-corrected chi connectivity index (χ4v) is 4.27. The summed E-state index contributed by atoms with van der Waals surface area (Å²) in [5.41, 5.74) is 0.878. The number of nitrogens with zero attached hydrogens (tertiary/aromatic N) is 1. The molecule has 2 aromatic rings. The third-order valence-electron chi connectivity index (χ3n) is 5.73. The number of fused-ring (bicyclic) bond motifs is 1. The van der Waals surface area contributed by atoms with Gasteiger partial charge in [0.1, 0.15) is 5.75 Å². The number of nitrogens with one attached hydrogen (secondary N) is 1. The van der Waals surface area contributed by atoms with Crippen LogP contribution < -0.4 is 10.1 Å². The van der Waals surface area contributed by atoms with E-state index in [1.807, 2.05) is 47.4 Å². The first kappa shape index (κ1) is 21.0. The molecule has 2 fully saturated rings. The van der Waals surface area contributed by atoms with E-state index in [2.05, 4.69) is 5.32 Å². The number of hydrogen-bond acceptors (Lipinski definition) is 3. The van der Waals surface area contributed by atoms with Crippen molar-refractivity contribution in [1.82, 2.24) is 10.2 Å². The standard InChI is InChI=1S/C22H25ClN2O2.ClH/c23-19-6-8-20(9-7-19)27-21(16-4-2-1-3-5-16)22(26)25-12-10-17-14-24-15-18(17)11-13-25;/h1-9,17-18,21,24H,10-15H2;1H/t17-,18+,21?;. The van der Waals surface area contributed by atoms with Gasteiger partial charge in [0.25, 0.3) is 5.91 Å². The maximum Gasteiger partial charge on any atom is 0.268 e. The Morgan fingerprint density at radius 3 is 2.21 bits per heavy atom. The molecule has 4 rings (SSSR count).